The van der Waals surface area contributed by atoms with Gasteiger partial charge in [-0.25, -0.2) is 0 Å². The molecule has 0 saturated carbocycles. The van der Waals surface area contributed by atoms with Gasteiger partial charge in [-0.3, -0.25) is 14.5 Å². The number of para-hydroxylation sites is 1. The Hall–Kier alpha value is -3.33. The molecule has 0 bridgehead atoms. The first-order valence-corrected chi connectivity index (χ1v) is 8.19. The first-order chi connectivity index (χ1) is 13.3. The number of amides is 2. The Morgan fingerprint density at radius 2 is 1.71 bits per heavy atom. The number of ether oxygens (including phenoxy) is 1. The summed E-state index contributed by atoms with van der Waals surface area (Å²) >= 11 is 0. The fourth-order valence-electron chi connectivity index (χ4n) is 2.74. The molecule has 2 amide bonds. The van der Waals surface area contributed by atoms with Gasteiger partial charge in [-0.2, -0.15) is 0 Å². The normalized spacial score (nSPS) is 14.3. The Morgan fingerprint density at radius 1 is 1.04 bits per heavy atom. The molecule has 146 valence electrons. The van der Waals surface area contributed by atoms with Crippen LogP contribution in [-0.2, 0) is 9.59 Å². The molecule has 0 spiro atoms. The van der Waals surface area contributed by atoms with Crippen molar-refractivity contribution < 1.29 is 32.6 Å². The topological polar surface area (TPSA) is 78.9 Å². The molecule has 2 aromatic carbocycles. The third-order valence-corrected chi connectivity index (χ3v) is 3.93. The van der Waals surface area contributed by atoms with E-state index in [1.54, 1.807) is 24.3 Å². The van der Waals surface area contributed by atoms with Crippen LogP contribution >= 0.6 is 0 Å². The van der Waals surface area contributed by atoms with E-state index in [0.29, 0.717) is 16.8 Å². The number of nitrogens with one attached hydrogen (secondary N) is 1. The Kier molecular flexibility index (Phi) is 5.36. The fourth-order valence-corrected chi connectivity index (χ4v) is 2.74. The maximum Gasteiger partial charge on any atom is 0.573 e. The monoisotopic (exact) mass is 392 g/mol. The van der Waals surface area contributed by atoms with Gasteiger partial charge in [-0.05, 0) is 23.8 Å². The highest BCUT2D eigenvalue weighted by atomic mass is 19.4. The third-order valence-electron chi connectivity index (χ3n) is 3.93. The Bertz CT molecular complexity index is 924. The lowest BCUT2D eigenvalue weighted by molar-refractivity contribution is -0.274. The highest BCUT2D eigenvalue weighted by Gasteiger charge is 2.32. The lowest BCUT2D eigenvalue weighted by Crippen LogP contribution is -2.34. The van der Waals surface area contributed by atoms with Gasteiger partial charge in [-0.1, -0.05) is 30.3 Å². The van der Waals surface area contributed by atoms with Gasteiger partial charge in [0.15, 0.2) is 0 Å². The molecule has 1 aliphatic rings. The van der Waals surface area contributed by atoms with Crippen molar-refractivity contribution >= 4 is 17.5 Å². The standard InChI is InChI=1S/C19H15F3N2O4/c20-19(21,22)28-13-7-5-12(6-8-13)14-3-1-2-4-15(14)23-16-11-17(26)24(9-10-25)18(16)27/h1-8,11,23,25H,9-10H2. The fraction of sp³-hybridized carbons (Fsp3) is 0.158. The highest BCUT2D eigenvalue weighted by Crippen LogP contribution is 2.32. The molecular formula is C19H15F3N2O4. The van der Waals surface area contributed by atoms with E-state index in [9.17, 15) is 22.8 Å². The Labute approximate surface area is 157 Å². The molecule has 0 fully saturated rings. The number of halogens is 3. The van der Waals surface area contributed by atoms with Crippen LogP contribution in [0, 0.1) is 0 Å². The second-order valence-corrected chi connectivity index (χ2v) is 5.82. The Balaban J connectivity index is 1.84. The van der Waals surface area contributed by atoms with E-state index >= 15 is 0 Å². The summed E-state index contributed by atoms with van der Waals surface area (Å²) in [7, 11) is 0. The van der Waals surface area contributed by atoms with Crippen molar-refractivity contribution in [2.24, 2.45) is 0 Å². The molecule has 0 aromatic heterocycles. The van der Waals surface area contributed by atoms with Crippen LogP contribution in [0.25, 0.3) is 11.1 Å². The lowest BCUT2D eigenvalue weighted by Gasteiger charge is -2.15. The number of carbonyl (C=O) groups is 2. The van der Waals surface area contributed by atoms with E-state index < -0.39 is 18.2 Å². The minimum absolute atomic E-state index is 0.0444. The van der Waals surface area contributed by atoms with Gasteiger partial charge in [0.1, 0.15) is 11.4 Å². The average Bonchev–Trinajstić information content (AvgIpc) is 2.89. The van der Waals surface area contributed by atoms with Crippen LogP contribution in [0.5, 0.6) is 5.75 Å². The molecule has 6 nitrogen and oxygen atoms in total. The minimum atomic E-state index is -4.77. The molecule has 0 unspecified atom stereocenters. The molecule has 2 aromatic rings. The summed E-state index contributed by atoms with van der Waals surface area (Å²) in [6, 6.07) is 12.1. The van der Waals surface area contributed by atoms with Crippen LogP contribution in [0.4, 0.5) is 18.9 Å². The van der Waals surface area contributed by atoms with E-state index in [2.05, 4.69) is 10.1 Å². The van der Waals surface area contributed by atoms with E-state index in [1.165, 1.54) is 24.3 Å². The number of imide groups is 1. The number of anilines is 1. The maximum atomic E-state index is 12.3. The number of aliphatic hydroxyl groups excluding tert-OH is 1. The second kappa shape index (κ2) is 7.73. The molecule has 0 radical (unpaired) electrons. The molecule has 0 saturated heterocycles. The number of nitrogens with zero attached hydrogens (tertiary/aromatic N) is 1. The lowest BCUT2D eigenvalue weighted by atomic mass is 10.0. The summed E-state index contributed by atoms with van der Waals surface area (Å²) in [6.45, 7) is -0.455. The number of aliphatic hydroxyl groups is 1. The summed E-state index contributed by atoms with van der Waals surface area (Å²) < 4.78 is 40.7. The average molecular weight is 392 g/mol. The number of alkyl halides is 3. The molecule has 0 aliphatic carbocycles. The van der Waals surface area contributed by atoms with Crippen molar-refractivity contribution in [1.82, 2.24) is 4.90 Å². The van der Waals surface area contributed by atoms with Crippen molar-refractivity contribution in [3.05, 3.63) is 60.3 Å². The number of carbonyl (C=O) groups excluding carboxylic acids is 2. The summed E-state index contributed by atoms with van der Waals surface area (Å²) in [5.74, 6) is -1.45. The number of β-amino-alcohol motifs (C(OH)–C–C–N with tert-alkyl or cyclic N) is 1. The molecule has 1 aliphatic heterocycles. The molecule has 9 heteroatoms. The van der Waals surface area contributed by atoms with E-state index in [-0.39, 0.29) is 24.6 Å². The molecular weight excluding hydrogens is 377 g/mol. The molecule has 1 heterocycles. The predicted molar refractivity (Wildman–Crippen MR) is 94.1 cm³/mol. The SMILES string of the molecule is O=C1C=C(Nc2ccccc2-c2ccc(OC(F)(F)F)cc2)C(=O)N1CCO. The first-order valence-electron chi connectivity index (χ1n) is 8.19. The van der Waals surface area contributed by atoms with Gasteiger partial charge in [0.25, 0.3) is 11.8 Å². The van der Waals surface area contributed by atoms with Crippen molar-refractivity contribution in [3.8, 4) is 16.9 Å². The summed E-state index contributed by atoms with van der Waals surface area (Å²) in [4.78, 5) is 25.0. The zero-order valence-corrected chi connectivity index (χ0v) is 14.4. The van der Waals surface area contributed by atoms with Gasteiger partial charge in [0.2, 0.25) is 0 Å². The van der Waals surface area contributed by atoms with E-state index in [4.69, 9.17) is 5.11 Å². The van der Waals surface area contributed by atoms with Gasteiger partial charge in [0.05, 0.1) is 13.2 Å². The summed E-state index contributed by atoms with van der Waals surface area (Å²) in [6.07, 6.45) is -3.64. The van der Waals surface area contributed by atoms with Gasteiger partial charge in [0, 0.05) is 17.3 Å². The minimum Gasteiger partial charge on any atom is -0.406 e. The first kappa shape index (κ1) is 19.4. The van der Waals surface area contributed by atoms with E-state index in [0.717, 1.165) is 11.0 Å². The van der Waals surface area contributed by atoms with Crippen LogP contribution in [0.15, 0.2) is 60.3 Å². The molecule has 28 heavy (non-hydrogen) atoms. The van der Waals surface area contributed by atoms with Crippen LogP contribution in [0.2, 0.25) is 0 Å². The van der Waals surface area contributed by atoms with Crippen molar-refractivity contribution in [2.75, 3.05) is 18.5 Å². The summed E-state index contributed by atoms with van der Waals surface area (Å²) in [5, 5.41) is 11.8. The molecule has 0 atom stereocenters. The Morgan fingerprint density at radius 3 is 2.36 bits per heavy atom. The third kappa shape index (κ3) is 4.32. The van der Waals surface area contributed by atoms with Gasteiger partial charge >= 0.3 is 6.36 Å². The van der Waals surface area contributed by atoms with Crippen LogP contribution < -0.4 is 10.1 Å². The highest BCUT2D eigenvalue weighted by molar-refractivity contribution is 6.17. The van der Waals surface area contributed by atoms with Crippen molar-refractivity contribution in [1.29, 1.82) is 0 Å². The smallest absolute Gasteiger partial charge is 0.406 e. The second-order valence-electron chi connectivity index (χ2n) is 5.82. The number of hydrogen-bond donors (Lipinski definition) is 2. The number of rotatable bonds is 6. The van der Waals surface area contributed by atoms with E-state index in [1.807, 2.05) is 0 Å². The maximum absolute atomic E-state index is 12.3. The quantitative estimate of drug-likeness (QED) is 0.739. The van der Waals surface area contributed by atoms with Gasteiger partial charge in [-0.15, -0.1) is 13.2 Å². The van der Waals surface area contributed by atoms with Crippen LogP contribution in [0.3, 0.4) is 0 Å². The van der Waals surface area contributed by atoms with Crippen LogP contribution in [0.1, 0.15) is 0 Å². The number of benzene rings is 2. The number of hydrogen-bond acceptors (Lipinski definition) is 5. The predicted octanol–water partition coefficient (Wildman–Crippen LogP) is 2.91. The van der Waals surface area contributed by atoms with Crippen molar-refractivity contribution in [3.63, 3.8) is 0 Å². The molecule has 3 rings (SSSR count). The molecule has 2 N–H and O–H groups in total. The van der Waals surface area contributed by atoms with Crippen molar-refractivity contribution in [2.45, 2.75) is 6.36 Å². The summed E-state index contributed by atoms with van der Waals surface area (Å²) in [5.41, 5.74) is 1.73. The largest absolute Gasteiger partial charge is 0.573 e. The zero-order valence-electron chi connectivity index (χ0n) is 14.4. The van der Waals surface area contributed by atoms with Gasteiger partial charge < -0.3 is 15.2 Å². The van der Waals surface area contributed by atoms with Crippen LogP contribution in [-0.4, -0.2) is 41.3 Å². The zero-order chi connectivity index (χ0) is 20.3.